The van der Waals surface area contributed by atoms with E-state index in [0.29, 0.717) is 10.9 Å². The summed E-state index contributed by atoms with van der Waals surface area (Å²) in [5.41, 5.74) is 1.04. The molecule has 0 bridgehead atoms. The molecule has 2 rings (SSSR count). The zero-order valence-corrected chi connectivity index (χ0v) is 13.2. The van der Waals surface area contributed by atoms with E-state index in [1.54, 1.807) is 26.2 Å². The normalized spacial score (nSPS) is 19.5. The highest BCUT2D eigenvalue weighted by Crippen LogP contribution is 2.19. The number of hydrogen-bond acceptors (Lipinski definition) is 4. The number of likely N-dealkylation sites (N-methyl/N-ethyl adjacent to an activating group) is 1. The Morgan fingerprint density at radius 1 is 1.20 bits per heavy atom. The molecule has 1 aromatic rings. The third kappa shape index (κ3) is 3.31. The van der Waals surface area contributed by atoms with Gasteiger partial charge in [0.05, 0.1) is 4.90 Å². The number of anilines is 1. The molecule has 1 heterocycles. The van der Waals surface area contributed by atoms with Gasteiger partial charge in [-0.2, -0.15) is 0 Å². The Kier molecular flexibility index (Phi) is 4.67. The molecule has 0 radical (unpaired) electrons. The Labute approximate surface area is 121 Å². The molecule has 0 aliphatic carbocycles. The molecule has 1 N–H and O–H groups in total. The molecule has 112 valence electrons. The summed E-state index contributed by atoms with van der Waals surface area (Å²) in [4.78, 5) is 2.49. The van der Waals surface area contributed by atoms with Crippen molar-refractivity contribution in [3.05, 3.63) is 24.3 Å². The second-order valence-electron chi connectivity index (χ2n) is 5.46. The molecule has 1 unspecified atom stereocenters. The van der Waals surface area contributed by atoms with Crippen LogP contribution in [0.1, 0.15) is 12.8 Å². The maximum atomic E-state index is 12.0. The van der Waals surface area contributed by atoms with Crippen LogP contribution in [0.15, 0.2) is 29.2 Å². The van der Waals surface area contributed by atoms with E-state index in [4.69, 9.17) is 0 Å². The molecule has 0 amide bonds. The van der Waals surface area contributed by atoms with Crippen molar-refractivity contribution in [1.82, 2.24) is 9.62 Å². The lowest BCUT2D eigenvalue weighted by Gasteiger charge is -2.23. The van der Waals surface area contributed by atoms with Gasteiger partial charge in [-0.1, -0.05) is 0 Å². The fourth-order valence-corrected chi connectivity index (χ4v) is 3.33. The van der Waals surface area contributed by atoms with Crippen molar-refractivity contribution in [2.75, 3.05) is 39.1 Å². The number of nitrogens with zero attached hydrogens (tertiary/aromatic N) is 2. The third-order valence-electron chi connectivity index (χ3n) is 3.71. The Balaban J connectivity index is 2.07. The fraction of sp³-hybridized carbons (Fsp3) is 0.571. The molecule has 1 aliphatic heterocycles. The highest BCUT2D eigenvalue weighted by molar-refractivity contribution is 7.89. The minimum absolute atomic E-state index is 0.332. The van der Waals surface area contributed by atoms with Crippen LogP contribution in [0.3, 0.4) is 0 Å². The lowest BCUT2D eigenvalue weighted by molar-refractivity contribution is 0.520. The number of nitrogens with one attached hydrogen (secondary N) is 1. The summed E-state index contributed by atoms with van der Waals surface area (Å²) in [7, 11) is 1.78. The van der Waals surface area contributed by atoms with E-state index < -0.39 is 10.0 Å². The summed E-state index contributed by atoms with van der Waals surface area (Å²) in [5.74, 6) is 0. The van der Waals surface area contributed by atoms with Crippen molar-refractivity contribution >= 4 is 15.7 Å². The number of sulfonamides is 1. The standard InChI is InChI=1S/C14H23N3O2S/c1-16(2)20(18,19)14-8-6-13(7-9-14)17(3)11-12-5-4-10-15-12/h6-9,12,15H,4-5,10-11H2,1-3H3. The predicted molar refractivity (Wildman–Crippen MR) is 81.6 cm³/mol. The van der Waals surface area contributed by atoms with Gasteiger partial charge in [-0.15, -0.1) is 0 Å². The fourth-order valence-electron chi connectivity index (χ4n) is 2.43. The van der Waals surface area contributed by atoms with Gasteiger partial charge in [0.25, 0.3) is 0 Å². The van der Waals surface area contributed by atoms with Crippen LogP contribution in [0.25, 0.3) is 0 Å². The van der Waals surface area contributed by atoms with E-state index in [0.717, 1.165) is 18.8 Å². The highest BCUT2D eigenvalue weighted by Gasteiger charge is 2.18. The van der Waals surface area contributed by atoms with Gasteiger partial charge in [0, 0.05) is 39.4 Å². The zero-order valence-electron chi connectivity index (χ0n) is 12.3. The van der Waals surface area contributed by atoms with Crippen LogP contribution in [-0.4, -0.2) is 53.0 Å². The summed E-state index contributed by atoms with van der Waals surface area (Å²) in [6.07, 6.45) is 2.44. The van der Waals surface area contributed by atoms with E-state index in [9.17, 15) is 8.42 Å². The first-order valence-corrected chi connectivity index (χ1v) is 8.32. The van der Waals surface area contributed by atoms with Gasteiger partial charge in [0.2, 0.25) is 10.0 Å². The first-order valence-electron chi connectivity index (χ1n) is 6.88. The van der Waals surface area contributed by atoms with Crippen molar-refractivity contribution in [2.24, 2.45) is 0 Å². The maximum absolute atomic E-state index is 12.0. The Morgan fingerprint density at radius 2 is 1.85 bits per heavy atom. The topological polar surface area (TPSA) is 52.7 Å². The first kappa shape index (κ1) is 15.3. The molecule has 6 heteroatoms. The zero-order chi connectivity index (χ0) is 14.8. The van der Waals surface area contributed by atoms with E-state index in [-0.39, 0.29) is 0 Å². The van der Waals surface area contributed by atoms with Gasteiger partial charge in [-0.25, -0.2) is 12.7 Å². The van der Waals surface area contributed by atoms with Gasteiger partial charge < -0.3 is 10.2 Å². The van der Waals surface area contributed by atoms with Crippen LogP contribution in [-0.2, 0) is 10.0 Å². The van der Waals surface area contributed by atoms with Crippen molar-refractivity contribution in [2.45, 2.75) is 23.8 Å². The Bertz CT molecular complexity index is 534. The van der Waals surface area contributed by atoms with E-state index >= 15 is 0 Å². The summed E-state index contributed by atoms with van der Waals surface area (Å²) in [6.45, 7) is 2.04. The average Bonchev–Trinajstić information content (AvgIpc) is 2.91. The largest absolute Gasteiger partial charge is 0.373 e. The van der Waals surface area contributed by atoms with Crippen LogP contribution < -0.4 is 10.2 Å². The molecule has 1 fully saturated rings. The number of rotatable bonds is 5. The average molecular weight is 297 g/mol. The summed E-state index contributed by atoms with van der Waals surface area (Å²) in [5, 5.41) is 3.46. The summed E-state index contributed by atoms with van der Waals surface area (Å²) >= 11 is 0. The SMILES string of the molecule is CN(CC1CCCN1)c1ccc(S(=O)(=O)N(C)C)cc1. The molecule has 1 saturated heterocycles. The quantitative estimate of drug-likeness (QED) is 0.885. The number of benzene rings is 1. The van der Waals surface area contributed by atoms with E-state index in [2.05, 4.69) is 10.2 Å². The molecule has 1 atom stereocenters. The number of hydrogen-bond donors (Lipinski definition) is 1. The van der Waals surface area contributed by atoms with Crippen molar-refractivity contribution < 1.29 is 8.42 Å². The monoisotopic (exact) mass is 297 g/mol. The maximum Gasteiger partial charge on any atom is 0.242 e. The van der Waals surface area contributed by atoms with Crippen molar-refractivity contribution in [3.8, 4) is 0 Å². The second-order valence-corrected chi connectivity index (χ2v) is 7.61. The minimum Gasteiger partial charge on any atom is -0.373 e. The molecule has 1 aliphatic rings. The summed E-state index contributed by atoms with van der Waals surface area (Å²) < 4.78 is 25.2. The highest BCUT2D eigenvalue weighted by atomic mass is 32.2. The van der Waals surface area contributed by atoms with E-state index in [1.807, 2.05) is 19.2 Å². The smallest absolute Gasteiger partial charge is 0.242 e. The second kappa shape index (κ2) is 6.11. The van der Waals surface area contributed by atoms with Gasteiger partial charge in [0.15, 0.2) is 0 Å². The van der Waals surface area contributed by atoms with Gasteiger partial charge >= 0.3 is 0 Å². The lowest BCUT2D eigenvalue weighted by atomic mass is 10.2. The summed E-state index contributed by atoms with van der Waals surface area (Å²) in [6, 6.07) is 7.61. The Morgan fingerprint density at radius 3 is 2.35 bits per heavy atom. The van der Waals surface area contributed by atoms with Crippen molar-refractivity contribution in [1.29, 1.82) is 0 Å². The van der Waals surface area contributed by atoms with Crippen LogP contribution in [0.4, 0.5) is 5.69 Å². The van der Waals surface area contributed by atoms with E-state index in [1.165, 1.54) is 17.1 Å². The molecule has 0 saturated carbocycles. The molecule has 20 heavy (non-hydrogen) atoms. The van der Waals surface area contributed by atoms with Gasteiger partial charge in [0.1, 0.15) is 0 Å². The van der Waals surface area contributed by atoms with Crippen LogP contribution in [0.5, 0.6) is 0 Å². The molecule has 5 nitrogen and oxygen atoms in total. The van der Waals surface area contributed by atoms with Crippen LogP contribution in [0, 0.1) is 0 Å². The predicted octanol–water partition coefficient (Wildman–Crippen LogP) is 1.13. The molecule has 0 spiro atoms. The first-order chi connectivity index (χ1) is 9.41. The third-order valence-corrected chi connectivity index (χ3v) is 5.54. The molecule has 1 aromatic carbocycles. The van der Waals surface area contributed by atoms with Crippen LogP contribution in [0.2, 0.25) is 0 Å². The minimum atomic E-state index is -3.34. The molecule has 0 aromatic heterocycles. The molecular formula is C14H23N3O2S. The van der Waals surface area contributed by atoms with Crippen molar-refractivity contribution in [3.63, 3.8) is 0 Å². The molecular weight excluding hydrogens is 274 g/mol. The van der Waals surface area contributed by atoms with Gasteiger partial charge in [-0.05, 0) is 43.7 Å². The lowest BCUT2D eigenvalue weighted by Crippen LogP contribution is -2.35. The van der Waals surface area contributed by atoms with Gasteiger partial charge in [-0.3, -0.25) is 0 Å². The van der Waals surface area contributed by atoms with Crippen LogP contribution >= 0.6 is 0 Å². The Hall–Kier alpha value is -1.11.